The Morgan fingerprint density at radius 2 is 2.17 bits per heavy atom. The zero-order valence-corrected chi connectivity index (χ0v) is 17.0. The summed E-state index contributed by atoms with van der Waals surface area (Å²) in [5.41, 5.74) is 1.29. The van der Waals surface area contributed by atoms with Gasteiger partial charge in [0.2, 0.25) is 0 Å². The molecule has 146 valence electrons. The minimum absolute atomic E-state index is 0.236. The molecule has 3 aromatic heterocycles. The van der Waals surface area contributed by atoms with Crippen LogP contribution in [-0.2, 0) is 6.54 Å². The van der Waals surface area contributed by atoms with Crippen LogP contribution in [0, 0.1) is 11.7 Å². The molecule has 0 aliphatic heterocycles. The van der Waals surface area contributed by atoms with Crippen molar-refractivity contribution in [3.8, 4) is 0 Å². The molecule has 0 radical (unpaired) electrons. The smallest absolute Gasteiger partial charge is 0.259 e. The first-order valence-corrected chi connectivity index (χ1v) is 10.9. The lowest BCUT2D eigenvalue weighted by molar-refractivity contribution is 0.102. The van der Waals surface area contributed by atoms with Gasteiger partial charge in [0, 0.05) is 24.3 Å². The highest BCUT2D eigenvalue weighted by Crippen LogP contribution is 2.35. The van der Waals surface area contributed by atoms with Gasteiger partial charge in [-0.25, -0.2) is 14.4 Å². The van der Waals surface area contributed by atoms with Gasteiger partial charge in [-0.3, -0.25) is 10.1 Å². The molecule has 5 rings (SSSR count). The molecule has 0 bridgehead atoms. The third-order valence-electron chi connectivity index (χ3n) is 4.79. The SMILES string of the molecule is O=C(Nc1ncc(Sc2ccccn2)s1)c1cn(CC2CC2)c2cc(F)ccc12. The number of carbonyl (C=O) groups excluding carboxylic acids is 1. The quantitative estimate of drug-likeness (QED) is 0.447. The van der Waals surface area contributed by atoms with Gasteiger partial charge in [0.1, 0.15) is 10.8 Å². The molecule has 0 spiro atoms. The third-order valence-corrected chi connectivity index (χ3v) is 6.75. The summed E-state index contributed by atoms with van der Waals surface area (Å²) in [6.07, 6.45) is 7.67. The first-order chi connectivity index (χ1) is 14.2. The van der Waals surface area contributed by atoms with Crippen LogP contribution in [-0.4, -0.2) is 20.4 Å². The fraction of sp³-hybridized carbons (Fsp3) is 0.190. The van der Waals surface area contributed by atoms with Crippen molar-refractivity contribution in [2.45, 2.75) is 28.6 Å². The van der Waals surface area contributed by atoms with Crippen molar-refractivity contribution < 1.29 is 9.18 Å². The van der Waals surface area contributed by atoms with Crippen molar-refractivity contribution in [3.63, 3.8) is 0 Å². The maximum Gasteiger partial charge on any atom is 0.259 e. The summed E-state index contributed by atoms with van der Waals surface area (Å²) in [6.45, 7) is 0.815. The van der Waals surface area contributed by atoms with E-state index in [0.717, 1.165) is 26.7 Å². The molecule has 1 aliphatic rings. The Hall–Kier alpha value is -2.71. The Morgan fingerprint density at radius 3 is 2.97 bits per heavy atom. The Bertz CT molecular complexity index is 1180. The van der Waals surface area contributed by atoms with Crippen LogP contribution in [0.15, 0.2) is 64.2 Å². The highest BCUT2D eigenvalue weighted by molar-refractivity contribution is 8.01. The number of hydrogen-bond donors (Lipinski definition) is 1. The largest absolute Gasteiger partial charge is 0.346 e. The molecular weight excluding hydrogens is 407 g/mol. The Kier molecular flexibility index (Phi) is 4.81. The second kappa shape index (κ2) is 7.61. The number of rotatable bonds is 6. The van der Waals surface area contributed by atoms with Crippen LogP contribution in [0.1, 0.15) is 23.2 Å². The lowest BCUT2D eigenvalue weighted by Crippen LogP contribution is -2.11. The van der Waals surface area contributed by atoms with Crippen molar-refractivity contribution in [1.82, 2.24) is 14.5 Å². The molecule has 1 saturated carbocycles. The molecule has 1 fully saturated rings. The van der Waals surface area contributed by atoms with Crippen LogP contribution < -0.4 is 5.32 Å². The topological polar surface area (TPSA) is 59.8 Å². The van der Waals surface area contributed by atoms with Crippen molar-refractivity contribution in [2.24, 2.45) is 5.92 Å². The third kappa shape index (κ3) is 4.04. The van der Waals surface area contributed by atoms with Crippen molar-refractivity contribution in [3.05, 3.63) is 66.4 Å². The molecule has 5 nitrogen and oxygen atoms in total. The second-order valence-electron chi connectivity index (χ2n) is 7.01. The number of nitrogens with one attached hydrogen (secondary N) is 1. The summed E-state index contributed by atoms with van der Waals surface area (Å²) in [7, 11) is 0. The summed E-state index contributed by atoms with van der Waals surface area (Å²) in [5.74, 6) is 0.0885. The summed E-state index contributed by atoms with van der Waals surface area (Å²) in [4.78, 5) is 21.5. The highest BCUT2D eigenvalue weighted by Gasteiger charge is 2.24. The number of halogens is 1. The van der Waals surface area contributed by atoms with E-state index in [1.54, 1.807) is 18.5 Å². The van der Waals surface area contributed by atoms with Gasteiger partial charge in [-0.15, -0.1) is 0 Å². The first kappa shape index (κ1) is 18.3. The summed E-state index contributed by atoms with van der Waals surface area (Å²) in [5, 5.41) is 5.04. The molecule has 4 aromatic rings. The molecule has 1 N–H and O–H groups in total. The molecule has 1 aliphatic carbocycles. The van der Waals surface area contributed by atoms with Gasteiger partial charge < -0.3 is 4.57 Å². The van der Waals surface area contributed by atoms with Gasteiger partial charge >= 0.3 is 0 Å². The predicted octanol–water partition coefficient (Wildman–Crippen LogP) is 5.45. The van der Waals surface area contributed by atoms with Crippen molar-refractivity contribution in [1.29, 1.82) is 0 Å². The lowest BCUT2D eigenvalue weighted by Gasteiger charge is -2.02. The predicted molar refractivity (Wildman–Crippen MR) is 113 cm³/mol. The molecule has 1 amide bonds. The normalized spacial score (nSPS) is 13.7. The molecule has 8 heteroatoms. The fourth-order valence-corrected chi connectivity index (χ4v) is 4.99. The number of amides is 1. The van der Waals surface area contributed by atoms with Gasteiger partial charge in [0.05, 0.1) is 21.5 Å². The van der Waals surface area contributed by atoms with E-state index < -0.39 is 0 Å². The van der Waals surface area contributed by atoms with E-state index in [4.69, 9.17) is 0 Å². The molecule has 0 saturated heterocycles. The van der Waals surface area contributed by atoms with E-state index in [9.17, 15) is 9.18 Å². The molecule has 0 unspecified atom stereocenters. The van der Waals surface area contributed by atoms with Crippen LogP contribution in [0.2, 0.25) is 0 Å². The minimum atomic E-state index is -0.296. The zero-order chi connectivity index (χ0) is 19.8. The number of fused-ring (bicyclic) bond motifs is 1. The summed E-state index contributed by atoms with van der Waals surface area (Å²) in [6, 6.07) is 10.3. The average Bonchev–Trinajstić information content (AvgIpc) is 3.32. The van der Waals surface area contributed by atoms with Crippen molar-refractivity contribution in [2.75, 3.05) is 5.32 Å². The van der Waals surface area contributed by atoms with Crippen LogP contribution in [0.4, 0.5) is 9.52 Å². The Morgan fingerprint density at radius 1 is 1.28 bits per heavy atom. The van der Waals surface area contributed by atoms with E-state index in [1.807, 2.05) is 29.0 Å². The van der Waals surface area contributed by atoms with Crippen LogP contribution in [0.3, 0.4) is 0 Å². The number of hydrogen-bond acceptors (Lipinski definition) is 5. The Balaban J connectivity index is 1.37. The minimum Gasteiger partial charge on any atom is -0.346 e. The monoisotopic (exact) mass is 424 g/mol. The van der Waals surface area contributed by atoms with E-state index in [0.29, 0.717) is 16.6 Å². The molecule has 1 aromatic carbocycles. The van der Waals surface area contributed by atoms with E-state index in [1.165, 1.54) is 48.1 Å². The fourth-order valence-electron chi connectivity index (χ4n) is 3.21. The standard InChI is InChI=1S/C21H17FN4OS2/c22-14-6-7-15-16(12-26(17(15)9-14)11-13-4-5-13)20(27)25-21-24-10-19(29-21)28-18-3-1-2-8-23-18/h1-3,6-10,12-13H,4-5,11H2,(H,24,25,27). The first-order valence-electron chi connectivity index (χ1n) is 9.30. The summed E-state index contributed by atoms with van der Waals surface area (Å²) < 4.78 is 16.7. The molecule has 3 heterocycles. The maximum atomic E-state index is 13.8. The van der Waals surface area contributed by atoms with Crippen LogP contribution >= 0.6 is 23.1 Å². The van der Waals surface area contributed by atoms with Gasteiger partial charge in [0.15, 0.2) is 5.13 Å². The van der Waals surface area contributed by atoms with Gasteiger partial charge in [0.25, 0.3) is 5.91 Å². The second-order valence-corrected chi connectivity index (χ2v) is 9.36. The van der Waals surface area contributed by atoms with E-state index in [-0.39, 0.29) is 11.7 Å². The molecule has 0 atom stereocenters. The average molecular weight is 425 g/mol. The van der Waals surface area contributed by atoms with Crippen molar-refractivity contribution >= 4 is 45.0 Å². The number of aromatic nitrogens is 3. The maximum absolute atomic E-state index is 13.8. The van der Waals surface area contributed by atoms with Gasteiger partial charge in [-0.2, -0.15) is 0 Å². The number of nitrogens with zero attached hydrogens (tertiary/aromatic N) is 3. The number of thiazole rings is 1. The number of anilines is 1. The summed E-state index contributed by atoms with van der Waals surface area (Å²) >= 11 is 2.90. The number of carbonyl (C=O) groups is 1. The zero-order valence-electron chi connectivity index (χ0n) is 15.3. The Labute approximate surface area is 175 Å². The van der Waals surface area contributed by atoms with Crippen LogP contribution in [0.25, 0.3) is 10.9 Å². The number of benzene rings is 1. The number of pyridine rings is 1. The molecular formula is C21H17FN4OS2. The highest BCUT2D eigenvalue weighted by atomic mass is 32.2. The molecule has 29 heavy (non-hydrogen) atoms. The van der Waals surface area contributed by atoms with E-state index >= 15 is 0 Å². The van der Waals surface area contributed by atoms with Gasteiger partial charge in [-0.05, 0) is 49.1 Å². The van der Waals surface area contributed by atoms with Crippen LogP contribution in [0.5, 0.6) is 0 Å². The lowest BCUT2D eigenvalue weighted by atomic mass is 10.1. The van der Waals surface area contributed by atoms with Gasteiger partial charge in [-0.1, -0.05) is 29.2 Å². The van der Waals surface area contributed by atoms with E-state index in [2.05, 4.69) is 15.3 Å².